The van der Waals surface area contributed by atoms with Crippen LogP contribution in [-0.2, 0) is 0 Å². The summed E-state index contributed by atoms with van der Waals surface area (Å²) in [5, 5.41) is 38.0. The number of phenolic OH excluding ortho intramolecular Hbond substituents is 2. The largest absolute Gasteiger partial charge is 0.508 e. The molecule has 0 amide bonds. The van der Waals surface area contributed by atoms with E-state index >= 15 is 0 Å². The SMILES string of the molecule is O=[N+]([O-])c1ccc(N=Nc2ccc(O)c(C=Nc3ccc(O)cc3)c2)cc1. The molecule has 8 nitrogen and oxygen atoms in total. The summed E-state index contributed by atoms with van der Waals surface area (Å²) in [5.41, 5.74) is 1.99. The lowest BCUT2D eigenvalue weighted by molar-refractivity contribution is -0.384. The van der Waals surface area contributed by atoms with Crippen LogP contribution in [0.5, 0.6) is 11.5 Å². The molecule has 0 aliphatic rings. The molecule has 8 heteroatoms. The number of aliphatic imine (C=N–C) groups is 1. The van der Waals surface area contributed by atoms with Crippen molar-refractivity contribution in [3.63, 3.8) is 0 Å². The molecule has 0 saturated carbocycles. The van der Waals surface area contributed by atoms with Crippen molar-refractivity contribution in [1.29, 1.82) is 0 Å². The average molecular weight is 362 g/mol. The predicted molar refractivity (Wildman–Crippen MR) is 101 cm³/mol. The first kappa shape index (κ1) is 17.7. The number of nitrogens with zero attached hydrogens (tertiary/aromatic N) is 4. The lowest BCUT2D eigenvalue weighted by Gasteiger charge is -2.00. The summed E-state index contributed by atoms with van der Waals surface area (Å²) < 4.78 is 0. The molecule has 0 saturated heterocycles. The van der Waals surface area contributed by atoms with Crippen LogP contribution < -0.4 is 0 Å². The van der Waals surface area contributed by atoms with Crippen molar-refractivity contribution in [2.45, 2.75) is 0 Å². The number of nitro groups is 1. The minimum atomic E-state index is -0.486. The van der Waals surface area contributed by atoms with Gasteiger partial charge in [-0.1, -0.05) is 0 Å². The quantitative estimate of drug-likeness (QED) is 0.281. The van der Waals surface area contributed by atoms with E-state index in [1.54, 1.807) is 24.3 Å². The maximum atomic E-state index is 10.6. The van der Waals surface area contributed by atoms with E-state index in [0.29, 0.717) is 22.6 Å². The minimum absolute atomic E-state index is 0.0219. The summed E-state index contributed by atoms with van der Waals surface area (Å²) in [7, 11) is 0. The Labute approximate surface area is 153 Å². The zero-order valence-corrected chi connectivity index (χ0v) is 13.9. The van der Waals surface area contributed by atoms with Crippen LogP contribution in [0.3, 0.4) is 0 Å². The highest BCUT2D eigenvalue weighted by Crippen LogP contribution is 2.26. The molecular formula is C19H14N4O4. The van der Waals surface area contributed by atoms with E-state index in [1.807, 2.05) is 0 Å². The highest BCUT2D eigenvalue weighted by atomic mass is 16.6. The van der Waals surface area contributed by atoms with Crippen LogP contribution in [0.25, 0.3) is 0 Å². The first-order valence-electron chi connectivity index (χ1n) is 7.83. The van der Waals surface area contributed by atoms with Crippen molar-refractivity contribution in [3.05, 3.63) is 82.4 Å². The molecule has 0 atom stereocenters. The number of benzene rings is 3. The molecule has 0 heterocycles. The van der Waals surface area contributed by atoms with Gasteiger partial charge in [-0.15, -0.1) is 0 Å². The normalized spacial score (nSPS) is 11.3. The standard InChI is InChI=1S/C19H14N4O4/c24-18-8-3-14(4-9-18)20-12-13-11-16(5-10-19(13)25)22-21-15-1-6-17(7-2-15)23(26)27/h1-12,24-25H. The molecular weight excluding hydrogens is 348 g/mol. The molecule has 0 aromatic heterocycles. The van der Waals surface area contributed by atoms with Crippen molar-refractivity contribution < 1.29 is 15.1 Å². The van der Waals surface area contributed by atoms with E-state index in [2.05, 4.69) is 15.2 Å². The number of hydrogen-bond donors (Lipinski definition) is 2. The van der Waals surface area contributed by atoms with Gasteiger partial charge in [0.25, 0.3) is 5.69 Å². The van der Waals surface area contributed by atoms with E-state index in [4.69, 9.17) is 0 Å². The fourth-order valence-corrected chi connectivity index (χ4v) is 2.15. The third-order valence-corrected chi connectivity index (χ3v) is 3.55. The molecule has 0 unspecified atom stereocenters. The number of azo groups is 1. The third kappa shape index (κ3) is 4.73. The molecule has 3 aromatic carbocycles. The second-order valence-corrected chi connectivity index (χ2v) is 5.49. The van der Waals surface area contributed by atoms with Gasteiger partial charge in [-0.3, -0.25) is 15.1 Å². The van der Waals surface area contributed by atoms with Gasteiger partial charge in [-0.2, -0.15) is 10.2 Å². The van der Waals surface area contributed by atoms with Gasteiger partial charge in [-0.05, 0) is 54.6 Å². The molecule has 3 rings (SSSR count). The molecule has 0 fully saturated rings. The van der Waals surface area contributed by atoms with Crippen LogP contribution in [-0.4, -0.2) is 21.4 Å². The number of rotatable bonds is 5. The second kappa shape index (κ2) is 7.87. The topological polar surface area (TPSA) is 121 Å². The highest BCUT2D eigenvalue weighted by Gasteiger charge is 2.04. The van der Waals surface area contributed by atoms with Gasteiger partial charge in [0, 0.05) is 23.9 Å². The Hall–Kier alpha value is -4.07. The van der Waals surface area contributed by atoms with Gasteiger partial charge in [0.2, 0.25) is 0 Å². The summed E-state index contributed by atoms with van der Waals surface area (Å²) >= 11 is 0. The zero-order valence-electron chi connectivity index (χ0n) is 13.9. The number of hydrogen-bond acceptors (Lipinski definition) is 7. The maximum absolute atomic E-state index is 10.6. The van der Waals surface area contributed by atoms with Gasteiger partial charge < -0.3 is 10.2 Å². The van der Waals surface area contributed by atoms with Crippen molar-refractivity contribution in [3.8, 4) is 11.5 Å². The van der Waals surface area contributed by atoms with E-state index in [9.17, 15) is 20.3 Å². The summed E-state index contributed by atoms with van der Waals surface area (Å²) in [4.78, 5) is 14.4. The van der Waals surface area contributed by atoms with Gasteiger partial charge in [-0.25, -0.2) is 0 Å². The molecule has 134 valence electrons. The molecule has 0 spiro atoms. The van der Waals surface area contributed by atoms with E-state index < -0.39 is 4.92 Å². The first-order chi connectivity index (χ1) is 13.0. The number of aromatic hydroxyl groups is 2. The Morgan fingerprint density at radius 2 is 1.41 bits per heavy atom. The fourth-order valence-electron chi connectivity index (χ4n) is 2.15. The van der Waals surface area contributed by atoms with Crippen molar-refractivity contribution in [2.75, 3.05) is 0 Å². The number of non-ortho nitro benzene ring substituents is 1. The van der Waals surface area contributed by atoms with Gasteiger partial charge >= 0.3 is 0 Å². The second-order valence-electron chi connectivity index (χ2n) is 5.49. The van der Waals surface area contributed by atoms with Crippen LogP contribution in [0.4, 0.5) is 22.7 Å². The molecule has 0 radical (unpaired) electrons. The van der Waals surface area contributed by atoms with Crippen molar-refractivity contribution >= 4 is 29.0 Å². The highest BCUT2D eigenvalue weighted by molar-refractivity contribution is 5.86. The smallest absolute Gasteiger partial charge is 0.269 e. The Bertz CT molecular complexity index is 1010. The summed E-state index contributed by atoms with van der Waals surface area (Å²) in [6.45, 7) is 0. The third-order valence-electron chi connectivity index (χ3n) is 3.55. The lowest BCUT2D eigenvalue weighted by Crippen LogP contribution is -1.85. The van der Waals surface area contributed by atoms with Crippen LogP contribution in [0.15, 0.2) is 82.0 Å². The average Bonchev–Trinajstić information content (AvgIpc) is 2.68. The minimum Gasteiger partial charge on any atom is -0.508 e. The Morgan fingerprint density at radius 3 is 2.07 bits per heavy atom. The number of phenols is 2. The van der Waals surface area contributed by atoms with Crippen molar-refractivity contribution in [2.24, 2.45) is 15.2 Å². The summed E-state index contributed by atoms with van der Waals surface area (Å²) in [5.74, 6) is 0.178. The Morgan fingerprint density at radius 1 is 0.815 bits per heavy atom. The molecule has 3 aromatic rings. The van der Waals surface area contributed by atoms with Gasteiger partial charge in [0.1, 0.15) is 11.5 Å². The van der Waals surface area contributed by atoms with Gasteiger partial charge in [0.05, 0.1) is 22.0 Å². The summed E-state index contributed by atoms with van der Waals surface area (Å²) in [6.07, 6.45) is 1.48. The molecule has 0 aliphatic carbocycles. The Balaban J connectivity index is 1.78. The maximum Gasteiger partial charge on any atom is 0.269 e. The van der Waals surface area contributed by atoms with Crippen LogP contribution in [0, 0.1) is 10.1 Å². The van der Waals surface area contributed by atoms with Gasteiger partial charge in [0.15, 0.2) is 0 Å². The number of nitro benzene ring substituents is 1. The van der Waals surface area contributed by atoms with E-state index in [1.165, 1.54) is 48.7 Å². The molecule has 0 bridgehead atoms. The zero-order chi connectivity index (χ0) is 19.2. The first-order valence-corrected chi connectivity index (χ1v) is 7.83. The summed E-state index contributed by atoms with van der Waals surface area (Å²) in [6, 6.07) is 16.7. The molecule has 27 heavy (non-hydrogen) atoms. The predicted octanol–water partition coefficient (Wildman–Crippen LogP) is 5.17. The fraction of sp³-hybridized carbons (Fsp3) is 0. The van der Waals surface area contributed by atoms with Crippen LogP contribution >= 0.6 is 0 Å². The van der Waals surface area contributed by atoms with Crippen LogP contribution in [0.2, 0.25) is 0 Å². The molecule has 2 N–H and O–H groups in total. The Kier molecular flexibility index (Phi) is 5.17. The monoisotopic (exact) mass is 362 g/mol. The van der Waals surface area contributed by atoms with E-state index in [0.717, 1.165) is 0 Å². The van der Waals surface area contributed by atoms with Crippen LogP contribution in [0.1, 0.15) is 5.56 Å². The lowest BCUT2D eigenvalue weighted by atomic mass is 10.2. The molecule has 0 aliphatic heterocycles. The van der Waals surface area contributed by atoms with Crippen molar-refractivity contribution in [1.82, 2.24) is 0 Å². The van der Waals surface area contributed by atoms with E-state index in [-0.39, 0.29) is 17.2 Å².